The monoisotopic (exact) mass is 627 g/mol. The molecule has 1 aromatic carbocycles. The number of ether oxygens (including phenoxy) is 1. The molecule has 1 saturated carbocycles. The molecule has 1 aliphatic carbocycles. The van der Waals surface area contributed by atoms with Gasteiger partial charge in [0.15, 0.2) is 0 Å². The van der Waals surface area contributed by atoms with E-state index in [0.717, 1.165) is 46.6 Å². The molecule has 3 aliphatic rings. The van der Waals surface area contributed by atoms with Crippen molar-refractivity contribution in [3.63, 3.8) is 0 Å². The molecule has 46 heavy (non-hydrogen) atoms. The Morgan fingerprint density at radius 1 is 1.07 bits per heavy atom. The molecule has 0 bridgehead atoms. The van der Waals surface area contributed by atoms with Gasteiger partial charge in [-0.05, 0) is 76.4 Å². The number of aromatic nitrogens is 2. The zero-order valence-electron chi connectivity index (χ0n) is 27.8. The van der Waals surface area contributed by atoms with E-state index in [9.17, 15) is 14.4 Å². The Hall–Kier alpha value is -4.64. The summed E-state index contributed by atoms with van der Waals surface area (Å²) in [5.41, 5.74) is 9.07. The predicted molar refractivity (Wildman–Crippen MR) is 180 cm³/mol. The van der Waals surface area contributed by atoms with Gasteiger partial charge < -0.3 is 24.9 Å². The number of hydrogen-bond donors (Lipinski definition) is 4. The number of fused-ring (bicyclic) bond motifs is 1. The molecule has 6 rings (SSSR count). The lowest BCUT2D eigenvalue weighted by molar-refractivity contribution is -0.117. The van der Waals surface area contributed by atoms with Gasteiger partial charge in [-0.3, -0.25) is 14.9 Å². The Balaban J connectivity index is 0.00000204. The maximum absolute atomic E-state index is 13.6. The van der Waals surface area contributed by atoms with Crippen LogP contribution < -0.4 is 21.4 Å². The standard InChI is InChI=1S/C33H39N7O4.C2H6/c1-19-15-24(39(5)38-19)18-40-25-12-14-35-31(42)28(25)27(21-7-6-8-23(16-21)36-32(43)44-33(2,3)4)29(40)22-11-13-34-26(17-22)37-30(41)20-9-10-20;1-2/h6-8,11,13,15-17,19-20,38H,9-10,12,14,18H2,1-5H3,(H,35,42)(H,36,43)(H,34,37,41);1-2H3. The summed E-state index contributed by atoms with van der Waals surface area (Å²) in [5.74, 6) is 0.328. The summed E-state index contributed by atoms with van der Waals surface area (Å²) < 4.78 is 7.68. The van der Waals surface area contributed by atoms with Gasteiger partial charge in [-0.2, -0.15) is 0 Å². The van der Waals surface area contributed by atoms with Gasteiger partial charge in [0.25, 0.3) is 5.91 Å². The molecule has 3 aromatic rings. The molecule has 11 nitrogen and oxygen atoms in total. The number of benzene rings is 1. The first-order chi connectivity index (χ1) is 22.0. The Kier molecular flexibility index (Phi) is 9.52. The first-order valence-electron chi connectivity index (χ1n) is 16.1. The topological polar surface area (TPSA) is 130 Å². The molecule has 11 heteroatoms. The van der Waals surface area contributed by atoms with E-state index in [1.807, 2.05) is 77.0 Å². The lowest BCUT2D eigenvalue weighted by Crippen LogP contribution is -2.34. The van der Waals surface area contributed by atoms with Gasteiger partial charge >= 0.3 is 6.09 Å². The summed E-state index contributed by atoms with van der Waals surface area (Å²) in [5, 5.41) is 10.8. The normalized spacial score (nSPS) is 17.3. The number of rotatable bonds is 7. The molecule has 4 heterocycles. The van der Waals surface area contributed by atoms with Crippen molar-refractivity contribution < 1.29 is 19.1 Å². The van der Waals surface area contributed by atoms with Gasteiger partial charge in [0.2, 0.25) is 5.91 Å². The molecule has 3 amide bonds. The fourth-order valence-electron chi connectivity index (χ4n) is 5.85. The minimum absolute atomic E-state index is 0.0253. The molecule has 1 atom stereocenters. The van der Waals surface area contributed by atoms with E-state index in [0.29, 0.717) is 36.6 Å². The minimum Gasteiger partial charge on any atom is -0.444 e. The van der Waals surface area contributed by atoms with Crippen molar-refractivity contribution in [3.8, 4) is 22.4 Å². The Bertz CT molecular complexity index is 1670. The maximum Gasteiger partial charge on any atom is 0.412 e. The number of allylic oxidation sites excluding steroid dienone is 1. The van der Waals surface area contributed by atoms with Crippen LogP contribution in [0.4, 0.5) is 16.3 Å². The number of nitrogens with one attached hydrogen (secondary N) is 4. The molecule has 0 saturated heterocycles. The van der Waals surface area contributed by atoms with Gasteiger partial charge in [0.05, 0.1) is 17.8 Å². The smallest absolute Gasteiger partial charge is 0.412 e. The summed E-state index contributed by atoms with van der Waals surface area (Å²) >= 11 is 0. The predicted octanol–water partition coefficient (Wildman–Crippen LogP) is 5.95. The first-order valence-corrected chi connectivity index (χ1v) is 16.1. The summed E-state index contributed by atoms with van der Waals surface area (Å²) in [7, 11) is 1.99. The van der Waals surface area contributed by atoms with Gasteiger partial charge in [0, 0.05) is 66.4 Å². The van der Waals surface area contributed by atoms with Crippen molar-refractivity contribution in [2.45, 2.75) is 79.0 Å². The van der Waals surface area contributed by atoms with Crippen LogP contribution in [0.25, 0.3) is 22.4 Å². The molecule has 2 aromatic heterocycles. The van der Waals surface area contributed by atoms with Gasteiger partial charge in [0.1, 0.15) is 11.4 Å². The molecule has 244 valence electrons. The third kappa shape index (κ3) is 7.25. The highest BCUT2D eigenvalue weighted by atomic mass is 16.6. The van der Waals surface area contributed by atoms with Crippen LogP contribution >= 0.6 is 0 Å². The first kappa shape index (κ1) is 32.7. The molecule has 2 aliphatic heterocycles. The van der Waals surface area contributed by atoms with E-state index in [1.54, 1.807) is 12.3 Å². The highest BCUT2D eigenvalue weighted by molar-refractivity contribution is 6.07. The van der Waals surface area contributed by atoms with E-state index in [-0.39, 0.29) is 23.8 Å². The zero-order chi connectivity index (χ0) is 33.2. The van der Waals surface area contributed by atoms with Gasteiger partial charge in [-0.15, -0.1) is 0 Å². The summed E-state index contributed by atoms with van der Waals surface area (Å²) in [4.78, 5) is 43.3. The van der Waals surface area contributed by atoms with Crippen molar-refractivity contribution in [1.29, 1.82) is 0 Å². The number of anilines is 2. The average molecular weight is 628 g/mol. The molecule has 0 radical (unpaired) electrons. The Morgan fingerprint density at radius 2 is 1.83 bits per heavy atom. The molecule has 1 fully saturated rings. The number of likely N-dealkylation sites (N-methyl/N-ethyl adjacent to an activating group) is 1. The van der Waals surface area contributed by atoms with Crippen LogP contribution in [0.1, 0.15) is 70.4 Å². The second kappa shape index (κ2) is 13.4. The highest BCUT2D eigenvalue weighted by Crippen LogP contribution is 2.42. The molecule has 0 spiro atoms. The summed E-state index contributed by atoms with van der Waals surface area (Å²) in [6.07, 6.45) is 5.74. The second-order valence-electron chi connectivity index (χ2n) is 12.7. The minimum atomic E-state index is -0.647. The van der Waals surface area contributed by atoms with Crippen LogP contribution in [0.15, 0.2) is 54.4 Å². The quantitative estimate of drug-likeness (QED) is 0.255. The number of nitrogens with zero attached hydrogens (tertiary/aromatic N) is 3. The molecular weight excluding hydrogens is 582 g/mol. The largest absolute Gasteiger partial charge is 0.444 e. The number of hydrazine groups is 1. The van der Waals surface area contributed by atoms with Crippen LogP contribution in [-0.2, 0) is 22.5 Å². The number of pyridine rings is 1. The van der Waals surface area contributed by atoms with Crippen molar-refractivity contribution in [2.75, 3.05) is 24.2 Å². The van der Waals surface area contributed by atoms with Crippen LogP contribution in [0.5, 0.6) is 0 Å². The van der Waals surface area contributed by atoms with Crippen LogP contribution in [0.2, 0.25) is 0 Å². The van der Waals surface area contributed by atoms with E-state index in [1.165, 1.54) is 0 Å². The number of carbonyl (C=O) groups excluding carboxylic acids is 3. The fourth-order valence-corrected chi connectivity index (χ4v) is 5.85. The van der Waals surface area contributed by atoms with E-state index in [4.69, 9.17) is 4.74 Å². The Labute approximate surface area is 270 Å². The number of hydrogen-bond acceptors (Lipinski definition) is 7. The van der Waals surface area contributed by atoms with Crippen molar-refractivity contribution in [3.05, 3.63) is 65.6 Å². The lowest BCUT2D eigenvalue weighted by Gasteiger charge is -2.22. The third-order valence-corrected chi connectivity index (χ3v) is 7.87. The van der Waals surface area contributed by atoms with Crippen LogP contribution in [0, 0.1) is 5.92 Å². The lowest BCUT2D eigenvalue weighted by atomic mass is 9.94. The molecule has 1 unspecified atom stereocenters. The second-order valence-corrected chi connectivity index (χ2v) is 12.7. The summed E-state index contributed by atoms with van der Waals surface area (Å²) in [6.45, 7) is 12.6. The van der Waals surface area contributed by atoms with E-state index < -0.39 is 11.7 Å². The Morgan fingerprint density at radius 3 is 2.50 bits per heavy atom. The van der Waals surface area contributed by atoms with Gasteiger partial charge in [-0.1, -0.05) is 26.0 Å². The molecular formula is C35H45N7O4. The summed E-state index contributed by atoms with van der Waals surface area (Å²) in [6, 6.07) is 11.4. The van der Waals surface area contributed by atoms with Gasteiger partial charge in [-0.25, -0.2) is 15.2 Å². The van der Waals surface area contributed by atoms with E-state index in [2.05, 4.69) is 43.9 Å². The number of amides is 3. The fraction of sp³-hybridized carbons (Fsp3) is 0.429. The zero-order valence-corrected chi connectivity index (χ0v) is 27.8. The van der Waals surface area contributed by atoms with Crippen molar-refractivity contribution >= 4 is 29.4 Å². The number of carbonyl (C=O) groups is 3. The third-order valence-electron chi connectivity index (χ3n) is 7.87. The molecule has 4 N–H and O–H groups in total. The average Bonchev–Trinajstić information content (AvgIpc) is 3.73. The van der Waals surface area contributed by atoms with Crippen LogP contribution in [0.3, 0.4) is 0 Å². The SMILES string of the molecule is CC.CC1C=C(Cn2c3c(c(-c4cccc(NC(=O)OC(C)(C)C)c4)c2-c2ccnc(NC(=O)C4CC4)c2)C(=O)NCC3)N(C)N1. The van der Waals surface area contributed by atoms with Crippen molar-refractivity contribution in [2.24, 2.45) is 5.92 Å². The highest BCUT2D eigenvalue weighted by Gasteiger charge is 2.33. The van der Waals surface area contributed by atoms with E-state index >= 15 is 0 Å². The maximum atomic E-state index is 13.6. The van der Waals surface area contributed by atoms with Crippen molar-refractivity contribution in [1.82, 2.24) is 25.3 Å². The van der Waals surface area contributed by atoms with Crippen LogP contribution in [-0.4, -0.2) is 57.7 Å².